The Morgan fingerprint density at radius 3 is 2.54 bits per heavy atom. The summed E-state index contributed by atoms with van der Waals surface area (Å²) in [6, 6.07) is -0.739. The summed E-state index contributed by atoms with van der Waals surface area (Å²) in [5, 5.41) is 0. The van der Waals surface area contributed by atoms with Crippen LogP contribution in [0.1, 0.15) is 27.2 Å². The molecule has 1 unspecified atom stereocenters. The van der Waals surface area contributed by atoms with E-state index in [9.17, 15) is 4.79 Å². The lowest BCUT2D eigenvalue weighted by Gasteiger charge is -2.19. The van der Waals surface area contributed by atoms with Crippen molar-refractivity contribution in [3.63, 3.8) is 0 Å². The molecular weight excluding hydrogens is 166 g/mol. The molecule has 0 amide bonds. The smallest absolute Gasteiger partial charge is 0.391 e. The van der Waals surface area contributed by atoms with Gasteiger partial charge in [0.25, 0.3) is 0 Å². The first-order valence-corrected chi connectivity index (χ1v) is 4.11. The molecule has 3 nitrogen and oxygen atoms in total. The molecule has 0 spiro atoms. The van der Waals surface area contributed by atoms with E-state index in [1.165, 1.54) is 0 Å². The van der Waals surface area contributed by atoms with E-state index in [2.05, 4.69) is 11.4 Å². The van der Waals surface area contributed by atoms with Gasteiger partial charge in [-0.25, -0.2) is 11.4 Å². The van der Waals surface area contributed by atoms with Gasteiger partial charge in [-0.1, -0.05) is 6.08 Å². The number of carbonyl (C=O) groups is 1. The van der Waals surface area contributed by atoms with E-state index < -0.39 is 17.6 Å². The molecule has 72 valence electrons. The highest BCUT2D eigenvalue weighted by molar-refractivity contribution is 5.78. The summed E-state index contributed by atoms with van der Waals surface area (Å²) in [5.41, 5.74) is -0.527. The van der Waals surface area contributed by atoms with Crippen molar-refractivity contribution in [3.8, 4) is 0 Å². The highest BCUT2D eigenvalue weighted by atomic mass is 16.6. The Balaban J connectivity index is 4.24. The zero-order chi connectivity index (χ0) is 10.5. The number of nitrogens with zero attached hydrogens (tertiary/aromatic N) is 1. The summed E-state index contributed by atoms with van der Waals surface area (Å²) in [6.45, 7) is 15.6. The fourth-order valence-corrected chi connectivity index (χ4v) is 0.729. The van der Waals surface area contributed by atoms with Crippen LogP contribution in [0.2, 0.25) is 0 Å². The number of hydrogen-bond donors (Lipinski definition) is 0. The second-order valence-electron chi connectivity index (χ2n) is 3.70. The number of hydrogen-bond acceptors (Lipinski definition) is 2. The van der Waals surface area contributed by atoms with Gasteiger partial charge in [0.05, 0.1) is 6.42 Å². The molecule has 0 aromatic heterocycles. The van der Waals surface area contributed by atoms with Crippen LogP contribution in [-0.2, 0) is 9.53 Å². The van der Waals surface area contributed by atoms with Crippen molar-refractivity contribution in [1.29, 1.82) is 0 Å². The molecule has 0 aliphatic heterocycles. The van der Waals surface area contributed by atoms with Crippen LogP contribution in [-0.4, -0.2) is 17.6 Å². The molecule has 13 heavy (non-hydrogen) atoms. The number of carbonyl (C=O) groups excluding carboxylic acids is 1. The van der Waals surface area contributed by atoms with E-state index in [0.29, 0.717) is 6.42 Å². The van der Waals surface area contributed by atoms with E-state index in [4.69, 9.17) is 11.3 Å². The maximum Gasteiger partial charge on any atom is 0.391 e. The molecular formula is C10H15NO2. The van der Waals surface area contributed by atoms with Crippen molar-refractivity contribution < 1.29 is 9.53 Å². The fourth-order valence-electron chi connectivity index (χ4n) is 0.729. The zero-order valence-corrected chi connectivity index (χ0v) is 8.33. The Labute approximate surface area is 79.2 Å². The Morgan fingerprint density at radius 1 is 1.69 bits per heavy atom. The molecule has 0 saturated carbocycles. The number of rotatable bonds is 3. The molecule has 0 aliphatic rings. The Kier molecular flexibility index (Phi) is 4.19. The van der Waals surface area contributed by atoms with Gasteiger partial charge >= 0.3 is 12.0 Å². The van der Waals surface area contributed by atoms with E-state index in [0.717, 1.165) is 0 Å². The van der Waals surface area contributed by atoms with Gasteiger partial charge in [-0.3, -0.25) is 0 Å². The summed E-state index contributed by atoms with van der Waals surface area (Å²) in [6.07, 6.45) is 1.89. The van der Waals surface area contributed by atoms with E-state index in [1.54, 1.807) is 26.8 Å². The first kappa shape index (κ1) is 11.7. The molecule has 0 aromatic rings. The zero-order valence-electron chi connectivity index (χ0n) is 8.33. The average Bonchev–Trinajstić information content (AvgIpc) is 1.96. The SMILES string of the molecule is [C-]#[N+]C(CC=C)C(=O)OC(C)(C)C. The van der Waals surface area contributed by atoms with Gasteiger partial charge < -0.3 is 9.58 Å². The van der Waals surface area contributed by atoms with Gasteiger partial charge in [0.15, 0.2) is 0 Å². The summed E-state index contributed by atoms with van der Waals surface area (Å²) in [7, 11) is 0. The summed E-state index contributed by atoms with van der Waals surface area (Å²) in [4.78, 5) is 14.5. The molecule has 0 rings (SSSR count). The van der Waals surface area contributed by atoms with Crippen molar-refractivity contribution in [1.82, 2.24) is 0 Å². The van der Waals surface area contributed by atoms with Gasteiger partial charge in [-0.15, -0.1) is 6.58 Å². The third-order valence-corrected chi connectivity index (χ3v) is 1.22. The molecule has 0 saturated heterocycles. The summed E-state index contributed by atoms with van der Waals surface area (Å²) in [5.74, 6) is -0.470. The van der Waals surface area contributed by atoms with E-state index >= 15 is 0 Å². The average molecular weight is 181 g/mol. The largest absolute Gasteiger partial charge is 0.454 e. The standard InChI is InChI=1S/C10H15NO2/c1-6-7-8(11-5)9(12)13-10(2,3)4/h6,8H,1,7H2,2-4H3. The fraction of sp³-hybridized carbons (Fsp3) is 0.600. The van der Waals surface area contributed by atoms with Gasteiger partial charge in [0, 0.05) is 0 Å². The molecule has 0 heterocycles. The third kappa shape index (κ3) is 5.02. The quantitative estimate of drug-likeness (QED) is 0.379. The summed E-state index contributed by atoms with van der Waals surface area (Å²) < 4.78 is 5.04. The number of esters is 1. The van der Waals surface area contributed by atoms with Crippen molar-refractivity contribution in [3.05, 3.63) is 24.1 Å². The first-order valence-electron chi connectivity index (χ1n) is 4.11. The van der Waals surface area contributed by atoms with Gasteiger partial charge in [0.2, 0.25) is 0 Å². The van der Waals surface area contributed by atoms with Crippen molar-refractivity contribution in [2.45, 2.75) is 38.8 Å². The lowest BCUT2D eigenvalue weighted by Crippen LogP contribution is -2.29. The van der Waals surface area contributed by atoms with Crippen LogP contribution in [0.5, 0.6) is 0 Å². The third-order valence-electron chi connectivity index (χ3n) is 1.22. The van der Waals surface area contributed by atoms with Crippen LogP contribution < -0.4 is 0 Å². The molecule has 0 N–H and O–H groups in total. The second kappa shape index (κ2) is 4.66. The normalized spacial score (nSPS) is 12.8. The molecule has 0 aliphatic carbocycles. The van der Waals surface area contributed by atoms with Crippen LogP contribution in [0, 0.1) is 6.57 Å². The van der Waals surface area contributed by atoms with Crippen LogP contribution in [0.3, 0.4) is 0 Å². The Bertz CT molecular complexity index is 232. The van der Waals surface area contributed by atoms with Gasteiger partial charge in [0.1, 0.15) is 5.60 Å². The Hall–Kier alpha value is -1.30. The van der Waals surface area contributed by atoms with Crippen LogP contribution in [0.4, 0.5) is 0 Å². The van der Waals surface area contributed by atoms with Crippen molar-refractivity contribution in [2.24, 2.45) is 0 Å². The molecule has 1 atom stereocenters. The predicted molar refractivity (Wildman–Crippen MR) is 51.0 cm³/mol. The molecule has 0 bridgehead atoms. The highest BCUT2D eigenvalue weighted by Crippen LogP contribution is 2.11. The topological polar surface area (TPSA) is 30.7 Å². The minimum absolute atomic E-state index is 0.346. The van der Waals surface area contributed by atoms with E-state index in [1.807, 2.05) is 0 Å². The van der Waals surface area contributed by atoms with Crippen LogP contribution >= 0.6 is 0 Å². The number of ether oxygens (including phenoxy) is 1. The maximum atomic E-state index is 11.3. The lowest BCUT2D eigenvalue weighted by atomic mass is 10.1. The second-order valence-corrected chi connectivity index (χ2v) is 3.70. The molecule has 0 radical (unpaired) electrons. The predicted octanol–water partition coefficient (Wildman–Crippen LogP) is 2.19. The van der Waals surface area contributed by atoms with Gasteiger partial charge in [-0.2, -0.15) is 0 Å². The minimum Gasteiger partial charge on any atom is -0.454 e. The van der Waals surface area contributed by atoms with Crippen LogP contribution in [0.25, 0.3) is 4.85 Å². The van der Waals surface area contributed by atoms with Crippen LogP contribution in [0.15, 0.2) is 12.7 Å². The summed E-state index contributed by atoms with van der Waals surface area (Å²) >= 11 is 0. The van der Waals surface area contributed by atoms with Crippen molar-refractivity contribution in [2.75, 3.05) is 0 Å². The minimum atomic E-state index is -0.739. The van der Waals surface area contributed by atoms with Gasteiger partial charge in [-0.05, 0) is 20.8 Å². The lowest BCUT2D eigenvalue weighted by molar-refractivity contribution is -0.155. The van der Waals surface area contributed by atoms with Crippen molar-refractivity contribution >= 4 is 5.97 Å². The maximum absolute atomic E-state index is 11.3. The molecule has 0 fully saturated rings. The van der Waals surface area contributed by atoms with E-state index in [-0.39, 0.29) is 0 Å². The molecule has 3 heteroatoms. The Morgan fingerprint density at radius 2 is 2.23 bits per heavy atom. The monoisotopic (exact) mass is 181 g/mol. The highest BCUT2D eigenvalue weighted by Gasteiger charge is 2.27. The first-order chi connectivity index (χ1) is 5.90. The molecule has 0 aromatic carbocycles.